The topological polar surface area (TPSA) is 21.3 Å². The molecular formula is C19H31NO. The van der Waals surface area contributed by atoms with E-state index < -0.39 is 0 Å². The van der Waals surface area contributed by atoms with Gasteiger partial charge in [0.15, 0.2) is 0 Å². The highest BCUT2D eigenvalue weighted by Crippen LogP contribution is 2.34. The Labute approximate surface area is 130 Å². The summed E-state index contributed by atoms with van der Waals surface area (Å²) in [5.74, 6) is 3.34. The van der Waals surface area contributed by atoms with Gasteiger partial charge in [0.05, 0.1) is 7.11 Å². The summed E-state index contributed by atoms with van der Waals surface area (Å²) in [6.07, 6.45) is 4.05. The van der Waals surface area contributed by atoms with Crippen molar-refractivity contribution >= 4 is 0 Å². The number of hydrogen-bond donors (Lipinski definition) is 1. The SMILES string of the molecule is COc1cccc([C@H](C)NC2CC(C)CCC2C(C)C)c1. The van der Waals surface area contributed by atoms with Crippen molar-refractivity contribution in [2.24, 2.45) is 17.8 Å². The van der Waals surface area contributed by atoms with Crippen LogP contribution >= 0.6 is 0 Å². The fraction of sp³-hybridized carbons (Fsp3) is 0.684. The molecule has 3 unspecified atom stereocenters. The van der Waals surface area contributed by atoms with E-state index in [-0.39, 0.29) is 0 Å². The second kappa shape index (κ2) is 7.31. The maximum absolute atomic E-state index is 5.34. The summed E-state index contributed by atoms with van der Waals surface area (Å²) >= 11 is 0. The normalized spacial score (nSPS) is 27.6. The molecule has 2 heteroatoms. The van der Waals surface area contributed by atoms with Gasteiger partial charge in [0, 0.05) is 12.1 Å². The summed E-state index contributed by atoms with van der Waals surface area (Å²) in [6, 6.07) is 9.43. The fourth-order valence-corrected chi connectivity index (χ4v) is 3.72. The van der Waals surface area contributed by atoms with Gasteiger partial charge in [-0.15, -0.1) is 0 Å². The lowest BCUT2D eigenvalue weighted by Gasteiger charge is -2.39. The predicted molar refractivity (Wildman–Crippen MR) is 89.7 cm³/mol. The van der Waals surface area contributed by atoms with E-state index in [9.17, 15) is 0 Å². The molecule has 2 rings (SSSR count). The summed E-state index contributed by atoms with van der Waals surface area (Å²) < 4.78 is 5.34. The van der Waals surface area contributed by atoms with E-state index in [1.54, 1.807) is 7.11 Å². The molecule has 0 radical (unpaired) electrons. The highest BCUT2D eigenvalue weighted by atomic mass is 16.5. The van der Waals surface area contributed by atoms with Crippen LogP contribution in [0.15, 0.2) is 24.3 Å². The maximum Gasteiger partial charge on any atom is 0.119 e. The monoisotopic (exact) mass is 289 g/mol. The molecule has 0 heterocycles. The Hall–Kier alpha value is -1.02. The van der Waals surface area contributed by atoms with Crippen molar-refractivity contribution in [2.75, 3.05) is 7.11 Å². The molecule has 118 valence electrons. The molecule has 1 N–H and O–H groups in total. The third kappa shape index (κ3) is 4.23. The van der Waals surface area contributed by atoms with Gasteiger partial charge in [-0.05, 0) is 55.2 Å². The first-order valence-electron chi connectivity index (χ1n) is 8.41. The largest absolute Gasteiger partial charge is 0.497 e. The summed E-state index contributed by atoms with van der Waals surface area (Å²) in [6.45, 7) is 9.39. The Balaban J connectivity index is 2.06. The van der Waals surface area contributed by atoms with Crippen molar-refractivity contribution in [1.29, 1.82) is 0 Å². The van der Waals surface area contributed by atoms with E-state index in [4.69, 9.17) is 4.74 Å². The highest BCUT2D eigenvalue weighted by Gasteiger charge is 2.31. The van der Waals surface area contributed by atoms with Crippen LogP contribution in [-0.4, -0.2) is 13.2 Å². The van der Waals surface area contributed by atoms with Crippen molar-refractivity contribution in [2.45, 2.75) is 59.0 Å². The van der Waals surface area contributed by atoms with Gasteiger partial charge in [-0.1, -0.05) is 39.3 Å². The van der Waals surface area contributed by atoms with Crippen molar-refractivity contribution in [1.82, 2.24) is 5.32 Å². The predicted octanol–water partition coefficient (Wildman–Crippen LogP) is 4.81. The van der Waals surface area contributed by atoms with Gasteiger partial charge in [0.25, 0.3) is 0 Å². The van der Waals surface area contributed by atoms with E-state index in [0.717, 1.165) is 23.5 Å². The molecule has 0 saturated heterocycles. The molecule has 0 bridgehead atoms. The molecule has 0 amide bonds. The van der Waals surface area contributed by atoms with Crippen LogP contribution in [-0.2, 0) is 0 Å². The van der Waals surface area contributed by atoms with E-state index in [0.29, 0.717) is 12.1 Å². The summed E-state index contributed by atoms with van der Waals surface area (Å²) in [5, 5.41) is 3.89. The van der Waals surface area contributed by atoms with Gasteiger partial charge in [0.2, 0.25) is 0 Å². The van der Waals surface area contributed by atoms with Crippen LogP contribution in [0.1, 0.15) is 58.6 Å². The van der Waals surface area contributed by atoms with Gasteiger partial charge in [-0.2, -0.15) is 0 Å². The van der Waals surface area contributed by atoms with Gasteiger partial charge in [-0.25, -0.2) is 0 Å². The molecule has 0 aliphatic heterocycles. The molecule has 0 aromatic heterocycles. The second-order valence-electron chi connectivity index (χ2n) is 7.10. The van der Waals surface area contributed by atoms with Gasteiger partial charge in [0.1, 0.15) is 5.75 Å². The molecule has 4 atom stereocenters. The molecule has 1 aromatic carbocycles. The van der Waals surface area contributed by atoms with Crippen LogP contribution in [0.5, 0.6) is 5.75 Å². The van der Waals surface area contributed by atoms with Crippen molar-refractivity contribution in [3.8, 4) is 5.75 Å². The number of benzene rings is 1. The third-order valence-corrected chi connectivity index (χ3v) is 5.08. The molecule has 1 aliphatic rings. The average Bonchev–Trinajstić information content (AvgIpc) is 2.47. The smallest absolute Gasteiger partial charge is 0.119 e. The summed E-state index contributed by atoms with van der Waals surface area (Å²) in [5.41, 5.74) is 1.31. The first-order chi connectivity index (χ1) is 10.0. The first kappa shape index (κ1) is 16.4. The summed E-state index contributed by atoms with van der Waals surface area (Å²) in [4.78, 5) is 0. The number of hydrogen-bond acceptors (Lipinski definition) is 2. The third-order valence-electron chi connectivity index (χ3n) is 5.08. The van der Waals surface area contributed by atoms with Crippen LogP contribution in [0, 0.1) is 17.8 Å². The number of rotatable bonds is 5. The Bertz CT molecular complexity index is 443. The van der Waals surface area contributed by atoms with Crippen LogP contribution in [0.2, 0.25) is 0 Å². The zero-order chi connectivity index (χ0) is 15.4. The van der Waals surface area contributed by atoms with Crippen molar-refractivity contribution in [3.63, 3.8) is 0 Å². The van der Waals surface area contributed by atoms with Gasteiger partial charge in [-0.3, -0.25) is 0 Å². The molecule has 0 spiro atoms. The van der Waals surface area contributed by atoms with E-state index in [1.165, 1.54) is 24.8 Å². The lowest BCUT2D eigenvalue weighted by atomic mass is 9.73. The molecular weight excluding hydrogens is 258 g/mol. The van der Waals surface area contributed by atoms with Crippen LogP contribution in [0.25, 0.3) is 0 Å². The molecule has 1 aromatic rings. The minimum absolute atomic E-state index is 0.372. The van der Waals surface area contributed by atoms with Gasteiger partial charge >= 0.3 is 0 Å². The second-order valence-corrected chi connectivity index (χ2v) is 7.10. The Morgan fingerprint density at radius 2 is 1.95 bits per heavy atom. The fourth-order valence-electron chi connectivity index (χ4n) is 3.72. The standard InChI is InChI=1S/C19H31NO/c1-13(2)18-10-9-14(3)11-19(18)20-15(4)16-7-6-8-17(12-16)21-5/h6-8,12-15,18-20H,9-11H2,1-5H3/t14?,15-,18?,19?/m0/s1. The Morgan fingerprint density at radius 1 is 1.19 bits per heavy atom. The lowest BCUT2D eigenvalue weighted by molar-refractivity contribution is 0.161. The zero-order valence-corrected chi connectivity index (χ0v) is 14.2. The number of ether oxygens (including phenoxy) is 1. The van der Waals surface area contributed by atoms with Crippen molar-refractivity contribution < 1.29 is 4.74 Å². The molecule has 1 aliphatic carbocycles. The maximum atomic E-state index is 5.34. The highest BCUT2D eigenvalue weighted by molar-refractivity contribution is 5.30. The van der Waals surface area contributed by atoms with Crippen molar-refractivity contribution in [3.05, 3.63) is 29.8 Å². The van der Waals surface area contributed by atoms with E-state index in [1.807, 2.05) is 6.07 Å². The molecule has 21 heavy (non-hydrogen) atoms. The number of nitrogens with one attached hydrogen (secondary N) is 1. The van der Waals surface area contributed by atoms with Crippen LogP contribution in [0.4, 0.5) is 0 Å². The van der Waals surface area contributed by atoms with E-state index >= 15 is 0 Å². The minimum Gasteiger partial charge on any atom is -0.497 e. The Kier molecular flexibility index (Phi) is 5.69. The first-order valence-corrected chi connectivity index (χ1v) is 8.41. The zero-order valence-electron chi connectivity index (χ0n) is 14.2. The molecule has 1 fully saturated rings. The van der Waals surface area contributed by atoms with E-state index in [2.05, 4.69) is 51.2 Å². The molecule has 1 saturated carbocycles. The quantitative estimate of drug-likeness (QED) is 0.840. The number of methoxy groups -OCH3 is 1. The Morgan fingerprint density at radius 3 is 2.62 bits per heavy atom. The summed E-state index contributed by atoms with van der Waals surface area (Å²) in [7, 11) is 1.73. The van der Waals surface area contributed by atoms with Gasteiger partial charge < -0.3 is 10.1 Å². The van der Waals surface area contributed by atoms with Crippen LogP contribution in [0.3, 0.4) is 0 Å². The van der Waals surface area contributed by atoms with Crippen LogP contribution < -0.4 is 10.1 Å². The average molecular weight is 289 g/mol. The lowest BCUT2D eigenvalue weighted by Crippen LogP contribution is -2.43. The minimum atomic E-state index is 0.372. The molecule has 2 nitrogen and oxygen atoms in total.